The van der Waals surface area contributed by atoms with Gasteiger partial charge in [-0.1, -0.05) is 32.1 Å². The molecule has 21 heavy (non-hydrogen) atoms. The fourth-order valence-corrected chi connectivity index (χ4v) is 4.92. The van der Waals surface area contributed by atoms with E-state index in [1.165, 1.54) is 17.8 Å². The van der Waals surface area contributed by atoms with E-state index in [9.17, 15) is 9.90 Å². The Kier molecular flexibility index (Phi) is 4.96. The molecule has 120 valence electrons. The average Bonchev–Trinajstić information content (AvgIpc) is 2.68. The van der Waals surface area contributed by atoms with Crippen LogP contribution in [0.25, 0.3) is 0 Å². The molecule has 1 aliphatic rings. The lowest BCUT2D eigenvalue weighted by atomic mass is 9.64. The first-order valence-corrected chi connectivity index (χ1v) is 8.66. The maximum atomic E-state index is 11.7. The number of aliphatic hydroxyl groups is 1. The molecular weight excluding hydrogens is 284 g/mol. The van der Waals surface area contributed by atoms with E-state index in [1.807, 2.05) is 12.3 Å². The fraction of sp³-hybridized carbons (Fsp3) is 0.812. The average molecular weight is 312 g/mol. The smallest absolute Gasteiger partial charge is 0.307 e. The number of thiazole rings is 1. The van der Waals surface area contributed by atoms with Crippen LogP contribution >= 0.6 is 11.3 Å². The topological polar surface area (TPSA) is 54.3 Å². The third-order valence-electron chi connectivity index (χ3n) is 4.57. The molecule has 0 aromatic carbocycles. The molecule has 0 radical (unpaired) electrons. The molecule has 0 aliphatic heterocycles. The summed E-state index contributed by atoms with van der Waals surface area (Å²) in [7, 11) is 0. The molecule has 1 aliphatic carbocycles. The van der Waals surface area contributed by atoms with Crippen LogP contribution in [0.4, 0.5) is 0 Å². The third-order valence-corrected chi connectivity index (χ3v) is 5.45. The Hall–Kier alpha value is -0.650. The minimum atomic E-state index is -0.200. The van der Waals surface area contributed by atoms with Crippen LogP contribution in [-0.2, 0) is 6.54 Å². The minimum absolute atomic E-state index is 0.102. The van der Waals surface area contributed by atoms with Gasteiger partial charge in [-0.2, -0.15) is 0 Å². The summed E-state index contributed by atoms with van der Waals surface area (Å²) in [6.45, 7) is 10.3. The largest absolute Gasteiger partial charge is 0.394 e. The van der Waals surface area contributed by atoms with Crippen molar-refractivity contribution < 1.29 is 5.11 Å². The Labute approximate surface area is 131 Å². The fourth-order valence-electron chi connectivity index (χ4n) is 4.16. The van der Waals surface area contributed by atoms with Crippen LogP contribution in [0.5, 0.6) is 0 Å². The van der Waals surface area contributed by atoms with E-state index < -0.39 is 0 Å². The summed E-state index contributed by atoms with van der Waals surface area (Å²) in [6.07, 6.45) is 3.20. The highest BCUT2D eigenvalue weighted by Crippen LogP contribution is 2.43. The lowest BCUT2D eigenvalue weighted by molar-refractivity contribution is 0.0360. The third kappa shape index (κ3) is 3.96. The van der Waals surface area contributed by atoms with Gasteiger partial charge in [0.15, 0.2) is 0 Å². The van der Waals surface area contributed by atoms with E-state index in [0.29, 0.717) is 12.5 Å². The molecule has 1 heterocycles. The monoisotopic (exact) mass is 312 g/mol. The van der Waals surface area contributed by atoms with E-state index in [4.69, 9.17) is 0 Å². The first-order chi connectivity index (χ1) is 9.77. The van der Waals surface area contributed by atoms with Gasteiger partial charge in [0, 0.05) is 29.7 Å². The molecule has 0 saturated heterocycles. The highest BCUT2D eigenvalue weighted by atomic mass is 32.1. The summed E-state index contributed by atoms with van der Waals surface area (Å²) in [5.74, 6) is 0.610. The zero-order chi connectivity index (χ0) is 15.7. The van der Waals surface area contributed by atoms with Crippen molar-refractivity contribution in [2.24, 2.45) is 11.3 Å². The quantitative estimate of drug-likeness (QED) is 0.878. The van der Waals surface area contributed by atoms with Gasteiger partial charge in [0.05, 0.1) is 6.61 Å². The molecule has 1 saturated carbocycles. The van der Waals surface area contributed by atoms with Crippen LogP contribution < -0.4 is 10.2 Å². The normalized spacial score (nSPS) is 28.7. The first-order valence-electron chi connectivity index (χ1n) is 7.78. The second kappa shape index (κ2) is 6.23. The molecule has 5 heteroatoms. The molecule has 2 N–H and O–H groups in total. The Morgan fingerprint density at radius 1 is 1.48 bits per heavy atom. The van der Waals surface area contributed by atoms with E-state index in [1.54, 1.807) is 4.57 Å². The van der Waals surface area contributed by atoms with Crippen LogP contribution in [-0.4, -0.2) is 28.4 Å². The lowest BCUT2D eigenvalue weighted by Crippen LogP contribution is -2.56. The summed E-state index contributed by atoms with van der Waals surface area (Å²) in [5.41, 5.74) is 1.07. The summed E-state index contributed by atoms with van der Waals surface area (Å²) in [6, 6.07) is 0. The number of nitrogens with zero attached hydrogens (tertiary/aromatic N) is 1. The van der Waals surface area contributed by atoms with Crippen molar-refractivity contribution in [2.75, 3.05) is 13.2 Å². The van der Waals surface area contributed by atoms with Crippen LogP contribution in [0.3, 0.4) is 0 Å². The predicted octanol–water partition coefficient (Wildman–Crippen LogP) is 2.39. The zero-order valence-electron chi connectivity index (χ0n) is 13.6. The molecule has 4 nitrogen and oxygen atoms in total. The molecule has 1 aromatic rings. The first kappa shape index (κ1) is 16.7. The van der Waals surface area contributed by atoms with Gasteiger partial charge in [0.25, 0.3) is 0 Å². The lowest BCUT2D eigenvalue weighted by Gasteiger charge is -2.47. The number of hydrogen-bond acceptors (Lipinski definition) is 4. The number of aliphatic hydroxyl groups excluding tert-OH is 1. The second-order valence-corrected chi connectivity index (χ2v) is 8.33. The number of aryl methyl sites for hydroxylation is 1. The van der Waals surface area contributed by atoms with Gasteiger partial charge >= 0.3 is 4.87 Å². The molecule has 2 atom stereocenters. The van der Waals surface area contributed by atoms with Gasteiger partial charge in [0.2, 0.25) is 0 Å². The Bertz CT molecular complexity index is 535. The van der Waals surface area contributed by atoms with Crippen molar-refractivity contribution in [3.63, 3.8) is 0 Å². The summed E-state index contributed by atoms with van der Waals surface area (Å²) in [4.78, 5) is 11.8. The number of rotatable bonds is 5. The number of nitrogens with one attached hydrogen (secondary N) is 1. The van der Waals surface area contributed by atoms with E-state index in [2.05, 4.69) is 26.1 Å². The maximum Gasteiger partial charge on any atom is 0.307 e. The van der Waals surface area contributed by atoms with Crippen LogP contribution in [0.1, 0.15) is 45.7 Å². The van der Waals surface area contributed by atoms with Crippen LogP contribution in [0, 0.1) is 18.3 Å². The van der Waals surface area contributed by atoms with Crippen molar-refractivity contribution in [1.29, 1.82) is 0 Å². The molecule has 1 aromatic heterocycles. The minimum Gasteiger partial charge on any atom is -0.394 e. The van der Waals surface area contributed by atoms with Gasteiger partial charge in [-0.3, -0.25) is 4.79 Å². The molecule has 0 spiro atoms. The second-order valence-electron chi connectivity index (χ2n) is 7.51. The summed E-state index contributed by atoms with van der Waals surface area (Å²) in [5, 5.41) is 15.4. The van der Waals surface area contributed by atoms with Gasteiger partial charge < -0.3 is 15.0 Å². The highest BCUT2D eigenvalue weighted by Gasteiger charge is 2.42. The Morgan fingerprint density at radius 3 is 2.71 bits per heavy atom. The number of aromatic nitrogens is 1. The van der Waals surface area contributed by atoms with Crippen molar-refractivity contribution in [3.05, 3.63) is 20.7 Å². The molecule has 0 bridgehead atoms. The summed E-state index contributed by atoms with van der Waals surface area (Å²) >= 11 is 1.25. The number of hydrogen-bond donors (Lipinski definition) is 2. The molecule has 1 fully saturated rings. The molecular formula is C16H28N2O2S. The van der Waals surface area contributed by atoms with Gasteiger partial charge in [-0.15, -0.1) is 0 Å². The predicted molar refractivity (Wildman–Crippen MR) is 87.9 cm³/mol. The summed E-state index contributed by atoms with van der Waals surface area (Å²) < 4.78 is 1.81. The Morgan fingerprint density at radius 2 is 2.19 bits per heavy atom. The van der Waals surface area contributed by atoms with Gasteiger partial charge in [0.1, 0.15) is 0 Å². The standard InChI is InChI=1S/C16H28N2O2S/c1-12-7-15(3,4)10-16(8-12,11-19)17-5-6-18-13(2)9-21-14(18)20/h9,12,17,19H,5-8,10-11H2,1-4H3/t12-,16-/m0/s1. The van der Waals surface area contributed by atoms with Crippen LogP contribution in [0.15, 0.2) is 10.2 Å². The van der Waals surface area contributed by atoms with Crippen LogP contribution in [0.2, 0.25) is 0 Å². The van der Waals surface area contributed by atoms with E-state index >= 15 is 0 Å². The molecule has 0 amide bonds. The van der Waals surface area contributed by atoms with Gasteiger partial charge in [-0.05, 0) is 37.5 Å². The van der Waals surface area contributed by atoms with Crippen molar-refractivity contribution in [1.82, 2.24) is 9.88 Å². The maximum absolute atomic E-state index is 11.7. The SMILES string of the molecule is Cc1csc(=O)n1CCN[C@@]1(CO)C[C@@H](C)CC(C)(C)C1. The van der Waals surface area contributed by atoms with E-state index in [0.717, 1.165) is 25.1 Å². The highest BCUT2D eigenvalue weighted by molar-refractivity contribution is 7.07. The van der Waals surface area contributed by atoms with Crippen molar-refractivity contribution in [2.45, 2.75) is 59.0 Å². The molecule has 0 unspecified atom stereocenters. The zero-order valence-corrected chi connectivity index (χ0v) is 14.4. The van der Waals surface area contributed by atoms with Gasteiger partial charge in [-0.25, -0.2) is 0 Å². The van der Waals surface area contributed by atoms with E-state index in [-0.39, 0.29) is 22.4 Å². The molecule has 2 rings (SSSR count). The van der Waals surface area contributed by atoms with Crippen molar-refractivity contribution in [3.8, 4) is 0 Å². The Balaban J connectivity index is 2.01. The van der Waals surface area contributed by atoms with Crippen molar-refractivity contribution >= 4 is 11.3 Å².